The Morgan fingerprint density at radius 2 is 1.86 bits per heavy atom. The quantitative estimate of drug-likeness (QED) is 0.688. The van der Waals surface area contributed by atoms with Crippen molar-refractivity contribution in [1.29, 1.82) is 0 Å². The fraction of sp³-hybridized carbons (Fsp3) is 0.318. The fourth-order valence-electron chi connectivity index (χ4n) is 3.67. The van der Waals surface area contributed by atoms with Gasteiger partial charge in [-0.25, -0.2) is 0 Å². The van der Waals surface area contributed by atoms with Crippen molar-refractivity contribution >= 4 is 5.91 Å². The van der Waals surface area contributed by atoms with Crippen LogP contribution in [0.1, 0.15) is 33.0 Å². The Balaban J connectivity index is 1.63. The molecule has 6 nitrogen and oxygen atoms in total. The molecule has 1 aromatic carbocycles. The van der Waals surface area contributed by atoms with Crippen LogP contribution in [-0.4, -0.2) is 51.1 Å². The van der Waals surface area contributed by atoms with Crippen LogP contribution in [0.5, 0.6) is 0 Å². The first-order chi connectivity index (χ1) is 13.6. The van der Waals surface area contributed by atoms with E-state index >= 15 is 0 Å². The van der Waals surface area contributed by atoms with E-state index in [1.807, 2.05) is 47.3 Å². The van der Waals surface area contributed by atoms with E-state index in [0.29, 0.717) is 12.2 Å². The van der Waals surface area contributed by atoms with Crippen LogP contribution in [-0.2, 0) is 26.1 Å². The van der Waals surface area contributed by atoms with Crippen LogP contribution < -0.4 is 0 Å². The summed E-state index contributed by atoms with van der Waals surface area (Å²) in [6, 6.07) is 16.3. The molecular weight excluding hydrogens is 350 g/mol. The van der Waals surface area contributed by atoms with Gasteiger partial charge in [0, 0.05) is 57.6 Å². The van der Waals surface area contributed by atoms with Crippen molar-refractivity contribution < 1.29 is 4.79 Å². The molecule has 3 aromatic rings. The van der Waals surface area contributed by atoms with Crippen LogP contribution in [0.2, 0.25) is 0 Å². The molecule has 3 heterocycles. The Bertz CT molecular complexity index is 950. The zero-order valence-corrected chi connectivity index (χ0v) is 16.4. The van der Waals surface area contributed by atoms with E-state index in [9.17, 15) is 4.79 Å². The van der Waals surface area contributed by atoms with Crippen LogP contribution in [0.3, 0.4) is 0 Å². The molecule has 0 N–H and O–H groups in total. The average molecular weight is 375 g/mol. The lowest BCUT2D eigenvalue weighted by molar-refractivity contribution is 0.0818. The van der Waals surface area contributed by atoms with Gasteiger partial charge in [0.1, 0.15) is 0 Å². The third-order valence-corrected chi connectivity index (χ3v) is 5.11. The summed E-state index contributed by atoms with van der Waals surface area (Å²) >= 11 is 0. The fourth-order valence-corrected chi connectivity index (χ4v) is 3.67. The van der Waals surface area contributed by atoms with E-state index in [2.05, 4.69) is 22.0 Å². The van der Waals surface area contributed by atoms with Gasteiger partial charge in [0.2, 0.25) is 0 Å². The molecule has 4 rings (SSSR count). The number of aromatic nitrogens is 3. The summed E-state index contributed by atoms with van der Waals surface area (Å²) in [7, 11) is 3.55. The number of benzene rings is 1. The topological polar surface area (TPSA) is 54.3 Å². The Hall–Kier alpha value is -2.99. The van der Waals surface area contributed by atoms with Crippen LogP contribution in [0.15, 0.2) is 54.7 Å². The lowest BCUT2D eigenvalue weighted by atomic mass is 10.0. The first-order valence-corrected chi connectivity index (χ1v) is 9.58. The maximum atomic E-state index is 12.8. The molecule has 0 aliphatic carbocycles. The number of nitrogens with zero attached hydrogens (tertiary/aromatic N) is 5. The van der Waals surface area contributed by atoms with Crippen molar-refractivity contribution in [3.05, 3.63) is 82.9 Å². The number of carbonyl (C=O) groups is 1. The molecule has 1 amide bonds. The number of rotatable bonds is 5. The minimum Gasteiger partial charge on any atom is -0.343 e. The molecule has 144 valence electrons. The third kappa shape index (κ3) is 3.82. The largest absolute Gasteiger partial charge is 0.343 e. The van der Waals surface area contributed by atoms with E-state index in [4.69, 9.17) is 5.10 Å². The maximum absolute atomic E-state index is 12.8. The monoisotopic (exact) mass is 375 g/mol. The highest BCUT2D eigenvalue weighted by molar-refractivity contribution is 5.93. The Morgan fingerprint density at radius 1 is 1.07 bits per heavy atom. The van der Waals surface area contributed by atoms with Gasteiger partial charge in [0.15, 0.2) is 5.69 Å². The second-order valence-electron chi connectivity index (χ2n) is 7.40. The smallest absolute Gasteiger partial charge is 0.274 e. The van der Waals surface area contributed by atoms with Gasteiger partial charge in [-0.1, -0.05) is 36.4 Å². The van der Waals surface area contributed by atoms with Crippen molar-refractivity contribution in [1.82, 2.24) is 24.6 Å². The highest BCUT2D eigenvalue weighted by Gasteiger charge is 2.29. The van der Waals surface area contributed by atoms with Gasteiger partial charge in [0.25, 0.3) is 5.91 Å². The number of hydrogen-bond donors (Lipinski definition) is 0. The van der Waals surface area contributed by atoms with E-state index in [0.717, 1.165) is 37.3 Å². The average Bonchev–Trinajstić information content (AvgIpc) is 3.06. The summed E-state index contributed by atoms with van der Waals surface area (Å²) in [4.78, 5) is 21.1. The SMILES string of the molecule is CN(C)C(=O)c1nn(Cc2ccccc2)c2c1CN(Cc1ccccn1)CC2. The van der Waals surface area contributed by atoms with E-state index in [1.54, 1.807) is 19.0 Å². The summed E-state index contributed by atoms with van der Waals surface area (Å²) in [5, 5.41) is 4.73. The Kier molecular flexibility index (Phi) is 5.21. The van der Waals surface area contributed by atoms with Crippen LogP contribution in [0, 0.1) is 0 Å². The molecule has 0 spiro atoms. The van der Waals surface area contributed by atoms with Crippen molar-refractivity contribution in [2.75, 3.05) is 20.6 Å². The zero-order valence-electron chi connectivity index (χ0n) is 16.4. The molecule has 28 heavy (non-hydrogen) atoms. The van der Waals surface area contributed by atoms with Crippen molar-refractivity contribution in [2.24, 2.45) is 0 Å². The van der Waals surface area contributed by atoms with Gasteiger partial charge < -0.3 is 4.90 Å². The molecule has 0 saturated carbocycles. The lowest BCUT2D eigenvalue weighted by Crippen LogP contribution is -2.32. The molecule has 0 saturated heterocycles. The van der Waals surface area contributed by atoms with Gasteiger partial charge in [-0.2, -0.15) is 5.10 Å². The highest BCUT2D eigenvalue weighted by Crippen LogP contribution is 2.25. The van der Waals surface area contributed by atoms with Crippen molar-refractivity contribution in [3.63, 3.8) is 0 Å². The van der Waals surface area contributed by atoms with Crippen LogP contribution >= 0.6 is 0 Å². The third-order valence-electron chi connectivity index (χ3n) is 5.11. The summed E-state index contributed by atoms with van der Waals surface area (Å²) in [5.41, 5.74) is 5.03. The number of carbonyl (C=O) groups excluding carboxylic acids is 1. The molecular formula is C22H25N5O. The Morgan fingerprint density at radius 3 is 2.57 bits per heavy atom. The van der Waals surface area contributed by atoms with Crippen LogP contribution in [0.25, 0.3) is 0 Å². The van der Waals surface area contributed by atoms with Crippen LogP contribution in [0.4, 0.5) is 0 Å². The van der Waals surface area contributed by atoms with E-state index < -0.39 is 0 Å². The van der Waals surface area contributed by atoms with Gasteiger partial charge in [-0.3, -0.25) is 19.4 Å². The normalized spacial score (nSPS) is 13.9. The van der Waals surface area contributed by atoms with Crippen molar-refractivity contribution in [3.8, 4) is 0 Å². The number of amides is 1. The molecule has 0 unspecified atom stereocenters. The second-order valence-corrected chi connectivity index (χ2v) is 7.40. The number of pyridine rings is 1. The highest BCUT2D eigenvalue weighted by atomic mass is 16.2. The van der Waals surface area contributed by atoms with E-state index in [1.165, 1.54) is 11.3 Å². The number of fused-ring (bicyclic) bond motifs is 1. The molecule has 6 heteroatoms. The molecule has 1 aliphatic rings. The standard InChI is InChI=1S/C22H25N5O/c1-25(2)22(28)21-19-16-26(15-18-10-6-7-12-23-18)13-11-20(19)27(24-21)14-17-8-4-3-5-9-17/h3-10,12H,11,13-16H2,1-2H3. The Labute approximate surface area is 165 Å². The first kappa shape index (κ1) is 18.4. The predicted molar refractivity (Wildman–Crippen MR) is 108 cm³/mol. The summed E-state index contributed by atoms with van der Waals surface area (Å²) < 4.78 is 2.01. The molecule has 0 atom stereocenters. The summed E-state index contributed by atoms with van der Waals surface area (Å²) in [6.07, 6.45) is 2.70. The number of hydrogen-bond acceptors (Lipinski definition) is 4. The molecule has 0 fully saturated rings. The summed E-state index contributed by atoms with van der Waals surface area (Å²) in [6.45, 7) is 3.11. The van der Waals surface area contributed by atoms with E-state index in [-0.39, 0.29) is 5.91 Å². The minimum absolute atomic E-state index is 0.0391. The van der Waals surface area contributed by atoms with Gasteiger partial charge >= 0.3 is 0 Å². The van der Waals surface area contributed by atoms with Crippen molar-refractivity contribution in [2.45, 2.75) is 26.1 Å². The first-order valence-electron chi connectivity index (χ1n) is 9.58. The van der Waals surface area contributed by atoms with Gasteiger partial charge in [-0.15, -0.1) is 0 Å². The summed E-state index contributed by atoms with van der Waals surface area (Å²) in [5.74, 6) is -0.0391. The second kappa shape index (κ2) is 7.94. The maximum Gasteiger partial charge on any atom is 0.274 e. The zero-order chi connectivity index (χ0) is 19.5. The molecule has 2 aromatic heterocycles. The molecule has 0 bridgehead atoms. The molecule has 1 aliphatic heterocycles. The lowest BCUT2D eigenvalue weighted by Gasteiger charge is -2.27. The van der Waals surface area contributed by atoms with Gasteiger partial charge in [0.05, 0.1) is 12.2 Å². The molecule has 0 radical (unpaired) electrons. The predicted octanol–water partition coefficient (Wildman–Crippen LogP) is 2.59. The minimum atomic E-state index is -0.0391. The van der Waals surface area contributed by atoms with Gasteiger partial charge in [-0.05, 0) is 17.7 Å².